The van der Waals surface area contributed by atoms with Gasteiger partial charge in [0.2, 0.25) is 0 Å². The lowest BCUT2D eigenvalue weighted by molar-refractivity contribution is 0.0877. The lowest BCUT2D eigenvalue weighted by Gasteiger charge is -2.23. The van der Waals surface area contributed by atoms with Crippen LogP contribution in [0.15, 0.2) is 24.3 Å². The van der Waals surface area contributed by atoms with Gasteiger partial charge in [-0.25, -0.2) is 0 Å². The van der Waals surface area contributed by atoms with Crippen LogP contribution in [0.4, 0.5) is 0 Å². The maximum Gasteiger partial charge on any atom is 0.171 e. The van der Waals surface area contributed by atoms with Gasteiger partial charge in [-0.2, -0.15) is 0 Å². The van der Waals surface area contributed by atoms with Crippen molar-refractivity contribution in [3.8, 4) is 5.75 Å². The number of para-hydroxylation sites is 1. The summed E-state index contributed by atoms with van der Waals surface area (Å²) in [6, 6.07) is 7.57. The lowest BCUT2D eigenvalue weighted by Crippen LogP contribution is -2.33. The van der Waals surface area contributed by atoms with Crippen molar-refractivity contribution in [2.45, 2.75) is 20.3 Å². The second-order valence-corrected chi connectivity index (χ2v) is 4.68. The Labute approximate surface area is 109 Å². The van der Waals surface area contributed by atoms with Gasteiger partial charge in [-0.05, 0) is 31.6 Å². The SMILES string of the molecule is CCN(CC)CC1CCOc2ccccc2C1=O. The van der Waals surface area contributed by atoms with Crippen LogP contribution in [0.1, 0.15) is 30.6 Å². The zero-order valence-electron chi connectivity index (χ0n) is 11.2. The number of carbonyl (C=O) groups is 1. The molecule has 1 aromatic carbocycles. The van der Waals surface area contributed by atoms with Gasteiger partial charge < -0.3 is 9.64 Å². The van der Waals surface area contributed by atoms with E-state index >= 15 is 0 Å². The molecule has 1 aliphatic rings. The highest BCUT2D eigenvalue weighted by molar-refractivity contribution is 6.00. The van der Waals surface area contributed by atoms with Crippen LogP contribution < -0.4 is 4.74 Å². The summed E-state index contributed by atoms with van der Waals surface area (Å²) in [6.07, 6.45) is 0.810. The fourth-order valence-corrected chi connectivity index (χ4v) is 2.43. The summed E-state index contributed by atoms with van der Waals surface area (Å²) in [5.41, 5.74) is 0.743. The van der Waals surface area contributed by atoms with Gasteiger partial charge in [0.25, 0.3) is 0 Å². The van der Waals surface area contributed by atoms with E-state index in [9.17, 15) is 4.79 Å². The molecule has 0 fully saturated rings. The molecule has 3 nitrogen and oxygen atoms in total. The quantitative estimate of drug-likeness (QED) is 0.819. The molecule has 1 aromatic rings. The maximum atomic E-state index is 12.5. The van der Waals surface area contributed by atoms with Gasteiger partial charge in [0.05, 0.1) is 12.2 Å². The first-order valence-corrected chi connectivity index (χ1v) is 6.74. The standard InChI is InChI=1S/C15H21NO2/c1-3-16(4-2)11-12-9-10-18-14-8-6-5-7-13(14)15(12)17/h5-8,12H,3-4,9-11H2,1-2H3. The molecule has 0 bridgehead atoms. The average Bonchev–Trinajstić information content (AvgIpc) is 2.56. The molecule has 2 rings (SSSR count). The Kier molecular flexibility index (Phi) is 4.37. The van der Waals surface area contributed by atoms with Gasteiger partial charge in [0.1, 0.15) is 5.75 Å². The normalized spacial score (nSPS) is 19.3. The number of nitrogens with zero attached hydrogens (tertiary/aromatic N) is 1. The summed E-state index contributed by atoms with van der Waals surface area (Å²) >= 11 is 0. The van der Waals surface area contributed by atoms with E-state index in [1.165, 1.54) is 0 Å². The molecule has 3 heteroatoms. The van der Waals surface area contributed by atoms with E-state index in [4.69, 9.17) is 4.74 Å². The molecule has 0 N–H and O–H groups in total. The molecular weight excluding hydrogens is 226 g/mol. The minimum Gasteiger partial charge on any atom is -0.493 e. The third-order valence-electron chi connectivity index (χ3n) is 3.62. The van der Waals surface area contributed by atoms with Gasteiger partial charge in [0, 0.05) is 12.5 Å². The number of fused-ring (bicyclic) bond motifs is 1. The van der Waals surface area contributed by atoms with Crippen LogP contribution in [0.25, 0.3) is 0 Å². The molecule has 1 unspecified atom stereocenters. The molecule has 0 amide bonds. The monoisotopic (exact) mass is 247 g/mol. The van der Waals surface area contributed by atoms with Crippen LogP contribution >= 0.6 is 0 Å². The van der Waals surface area contributed by atoms with E-state index in [0.29, 0.717) is 6.61 Å². The largest absolute Gasteiger partial charge is 0.493 e. The smallest absolute Gasteiger partial charge is 0.171 e. The highest BCUT2D eigenvalue weighted by atomic mass is 16.5. The minimum atomic E-state index is 0.0635. The maximum absolute atomic E-state index is 12.5. The fraction of sp³-hybridized carbons (Fsp3) is 0.533. The van der Waals surface area contributed by atoms with Crippen molar-refractivity contribution in [1.29, 1.82) is 0 Å². The van der Waals surface area contributed by atoms with Crippen LogP contribution in [0, 0.1) is 5.92 Å². The number of benzene rings is 1. The highest BCUT2D eigenvalue weighted by Crippen LogP contribution is 2.27. The average molecular weight is 247 g/mol. The highest BCUT2D eigenvalue weighted by Gasteiger charge is 2.27. The Morgan fingerprint density at radius 1 is 1.28 bits per heavy atom. The summed E-state index contributed by atoms with van der Waals surface area (Å²) in [5.74, 6) is 1.04. The third kappa shape index (κ3) is 2.72. The summed E-state index contributed by atoms with van der Waals surface area (Å²) in [7, 11) is 0. The predicted molar refractivity (Wildman–Crippen MR) is 72.2 cm³/mol. The van der Waals surface area contributed by atoms with Crippen molar-refractivity contribution in [1.82, 2.24) is 4.90 Å². The van der Waals surface area contributed by atoms with Crippen molar-refractivity contribution in [3.05, 3.63) is 29.8 Å². The first-order valence-electron chi connectivity index (χ1n) is 6.74. The zero-order valence-corrected chi connectivity index (χ0v) is 11.2. The van der Waals surface area contributed by atoms with Gasteiger partial charge in [0.15, 0.2) is 5.78 Å². The molecule has 98 valence electrons. The van der Waals surface area contributed by atoms with E-state index in [2.05, 4.69) is 18.7 Å². The first kappa shape index (κ1) is 13.1. The Hall–Kier alpha value is -1.35. The van der Waals surface area contributed by atoms with Crippen LogP contribution in [0.5, 0.6) is 5.75 Å². The Balaban J connectivity index is 2.17. The molecule has 0 aliphatic carbocycles. The minimum absolute atomic E-state index is 0.0635. The number of ketones is 1. The fourth-order valence-electron chi connectivity index (χ4n) is 2.43. The molecule has 0 saturated heterocycles. The third-order valence-corrected chi connectivity index (χ3v) is 3.62. The molecule has 1 atom stereocenters. The Morgan fingerprint density at radius 3 is 2.72 bits per heavy atom. The summed E-state index contributed by atoms with van der Waals surface area (Å²) in [4.78, 5) is 14.8. The molecule has 18 heavy (non-hydrogen) atoms. The number of Topliss-reactive ketones (excluding diaryl/α,β-unsaturated/α-hetero) is 1. The summed E-state index contributed by atoms with van der Waals surface area (Å²) in [6.45, 7) is 7.72. The van der Waals surface area contributed by atoms with Crippen LogP contribution in [-0.4, -0.2) is 36.9 Å². The number of hydrogen-bond acceptors (Lipinski definition) is 3. The number of rotatable bonds is 4. The van der Waals surface area contributed by atoms with E-state index in [-0.39, 0.29) is 11.7 Å². The predicted octanol–water partition coefficient (Wildman–Crippen LogP) is 2.61. The Morgan fingerprint density at radius 2 is 2.00 bits per heavy atom. The number of hydrogen-bond donors (Lipinski definition) is 0. The topological polar surface area (TPSA) is 29.5 Å². The molecule has 0 spiro atoms. The van der Waals surface area contributed by atoms with Crippen molar-refractivity contribution < 1.29 is 9.53 Å². The molecule has 1 heterocycles. The molecule has 0 saturated carbocycles. The summed E-state index contributed by atoms with van der Waals surface area (Å²) < 4.78 is 5.66. The first-order chi connectivity index (χ1) is 8.76. The molecule has 0 radical (unpaired) electrons. The van der Waals surface area contributed by atoms with Gasteiger partial charge in [-0.3, -0.25) is 4.79 Å². The van der Waals surface area contributed by atoms with Crippen LogP contribution in [0.2, 0.25) is 0 Å². The zero-order chi connectivity index (χ0) is 13.0. The molecule has 0 aromatic heterocycles. The second kappa shape index (κ2) is 6.01. The molecular formula is C15H21NO2. The van der Waals surface area contributed by atoms with Gasteiger partial charge in [-0.1, -0.05) is 26.0 Å². The van der Waals surface area contributed by atoms with Gasteiger partial charge in [-0.15, -0.1) is 0 Å². The second-order valence-electron chi connectivity index (χ2n) is 4.68. The van der Waals surface area contributed by atoms with Crippen molar-refractivity contribution >= 4 is 5.78 Å². The van der Waals surface area contributed by atoms with E-state index in [1.807, 2.05) is 24.3 Å². The van der Waals surface area contributed by atoms with Crippen molar-refractivity contribution in [3.63, 3.8) is 0 Å². The van der Waals surface area contributed by atoms with E-state index < -0.39 is 0 Å². The van der Waals surface area contributed by atoms with Crippen molar-refractivity contribution in [2.24, 2.45) is 5.92 Å². The number of ether oxygens (including phenoxy) is 1. The summed E-state index contributed by atoms with van der Waals surface area (Å²) in [5, 5.41) is 0. The lowest BCUT2D eigenvalue weighted by atomic mass is 9.94. The number of carbonyl (C=O) groups excluding carboxylic acids is 1. The van der Waals surface area contributed by atoms with Crippen LogP contribution in [-0.2, 0) is 0 Å². The molecule has 1 aliphatic heterocycles. The van der Waals surface area contributed by atoms with Gasteiger partial charge >= 0.3 is 0 Å². The van der Waals surface area contributed by atoms with E-state index in [0.717, 1.165) is 37.4 Å². The van der Waals surface area contributed by atoms with Crippen LogP contribution in [0.3, 0.4) is 0 Å². The van der Waals surface area contributed by atoms with Crippen molar-refractivity contribution in [2.75, 3.05) is 26.2 Å². The van der Waals surface area contributed by atoms with E-state index in [1.54, 1.807) is 0 Å². The Bertz CT molecular complexity index is 413.